The first-order valence-corrected chi connectivity index (χ1v) is 9.52. The van der Waals surface area contributed by atoms with E-state index in [1.165, 1.54) is 24.8 Å². The van der Waals surface area contributed by atoms with E-state index >= 15 is 0 Å². The third-order valence-electron chi connectivity index (χ3n) is 5.56. The van der Waals surface area contributed by atoms with Crippen LogP contribution in [0.25, 0.3) is 11.0 Å². The quantitative estimate of drug-likeness (QED) is 0.854. The van der Waals surface area contributed by atoms with E-state index in [1.807, 2.05) is 0 Å². The van der Waals surface area contributed by atoms with Crippen LogP contribution in [-0.2, 0) is 16.1 Å². The predicted octanol–water partition coefficient (Wildman–Crippen LogP) is 2.43. The summed E-state index contributed by atoms with van der Waals surface area (Å²) in [6, 6.07) is 8.44. The van der Waals surface area contributed by atoms with Crippen LogP contribution in [0.3, 0.4) is 0 Å². The molecular formula is C19H26N4O2. The second kappa shape index (κ2) is 6.59. The van der Waals surface area contributed by atoms with Crippen LogP contribution in [-0.4, -0.2) is 59.6 Å². The summed E-state index contributed by atoms with van der Waals surface area (Å²) in [6.45, 7) is 5.52. The predicted molar refractivity (Wildman–Crippen MR) is 96.6 cm³/mol. The number of rotatable bonds is 4. The average molecular weight is 342 g/mol. The van der Waals surface area contributed by atoms with Gasteiger partial charge in [-0.3, -0.25) is 9.47 Å². The number of aromatic nitrogens is 2. The minimum Gasteiger partial charge on any atom is -0.377 e. The smallest absolute Gasteiger partial charge is 0.208 e. The summed E-state index contributed by atoms with van der Waals surface area (Å²) in [4.78, 5) is 9.81. The standard InChI is InChI=1S/C19H26N4O2/c1-2-8-18-17(7-1)20-19-22(12-16-6-4-10-25-16)13-21(14-23(18)19)11-15-5-3-9-24-15/h1-2,7-8,15-16H,3-6,9-14H2. The lowest BCUT2D eigenvalue weighted by atomic mass is 10.2. The van der Waals surface area contributed by atoms with Crippen LogP contribution < -0.4 is 4.90 Å². The van der Waals surface area contributed by atoms with E-state index in [0.29, 0.717) is 12.2 Å². The monoisotopic (exact) mass is 342 g/mol. The van der Waals surface area contributed by atoms with Crippen molar-refractivity contribution in [2.75, 3.05) is 37.9 Å². The molecule has 6 nitrogen and oxygen atoms in total. The highest BCUT2D eigenvalue weighted by molar-refractivity contribution is 5.79. The second-order valence-corrected chi connectivity index (χ2v) is 7.46. The lowest BCUT2D eigenvalue weighted by Crippen LogP contribution is -2.49. The van der Waals surface area contributed by atoms with Crippen molar-refractivity contribution >= 4 is 17.0 Å². The topological polar surface area (TPSA) is 42.8 Å². The molecule has 2 fully saturated rings. The Balaban J connectivity index is 1.44. The van der Waals surface area contributed by atoms with E-state index in [9.17, 15) is 0 Å². The van der Waals surface area contributed by atoms with E-state index in [4.69, 9.17) is 14.5 Å². The molecule has 0 spiro atoms. The summed E-state index contributed by atoms with van der Waals surface area (Å²) in [5, 5.41) is 0. The molecule has 2 aromatic rings. The molecule has 1 aromatic heterocycles. The Morgan fingerprint density at radius 1 is 0.960 bits per heavy atom. The van der Waals surface area contributed by atoms with Gasteiger partial charge in [-0.15, -0.1) is 0 Å². The fraction of sp³-hybridized carbons (Fsp3) is 0.632. The number of hydrogen-bond donors (Lipinski definition) is 0. The lowest BCUT2D eigenvalue weighted by Gasteiger charge is -2.38. The Hall–Kier alpha value is -1.63. The zero-order chi connectivity index (χ0) is 16.6. The van der Waals surface area contributed by atoms with Gasteiger partial charge < -0.3 is 14.4 Å². The van der Waals surface area contributed by atoms with Gasteiger partial charge in [0.25, 0.3) is 0 Å². The number of anilines is 1. The van der Waals surface area contributed by atoms with Gasteiger partial charge in [0.05, 0.1) is 36.6 Å². The van der Waals surface area contributed by atoms with E-state index < -0.39 is 0 Å². The number of benzene rings is 1. The number of fused-ring (bicyclic) bond motifs is 3. The molecule has 2 atom stereocenters. The first-order valence-electron chi connectivity index (χ1n) is 9.52. The molecule has 4 heterocycles. The zero-order valence-electron chi connectivity index (χ0n) is 14.6. The number of ether oxygens (including phenoxy) is 2. The fourth-order valence-corrected chi connectivity index (χ4v) is 4.36. The highest BCUT2D eigenvalue weighted by Gasteiger charge is 2.30. The normalized spacial score (nSPS) is 27.3. The number of nitrogens with zero attached hydrogens (tertiary/aromatic N) is 4. The van der Waals surface area contributed by atoms with Crippen molar-refractivity contribution in [2.24, 2.45) is 0 Å². The highest BCUT2D eigenvalue weighted by atomic mass is 16.5. The van der Waals surface area contributed by atoms with Crippen LogP contribution in [0.15, 0.2) is 24.3 Å². The summed E-state index contributed by atoms with van der Waals surface area (Å²) in [6.07, 6.45) is 5.41. The van der Waals surface area contributed by atoms with Crippen molar-refractivity contribution in [2.45, 2.75) is 44.6 Å². The SMILES string of the molecule is c1ccc2c(c1)nc1n2CN(CC2CCCO2)CN1CC1CCCO1. The molecule has 0 N–H and O–H groups in total. The van der Waals surface area contributed by atoms with Gasteiger partial charge in [-0.25, -0.2) is 4.98 Å². The van der Waals surface area contributed by atoms with Gasteiger partial charge in [0.2, 0.25) is 5.95 Å². The van der Waals surface area contributed by atoms with Crippen molar-refractivity contribution < 1.29 is 9.47 Å². The molecule has 6 heteroatoms. The van der Waals surface area contributed by atoms with Gasteiger partial charge in [0.1, 0.15) is 0 Å². The first kappa shape index (κ1) is 15.6. The fourth-order valence-electron chi connectivity index (χ4n) is 4.36. The van der Waals surface area contributed by atoms with Crippen LogP contribution >= 0.6 is 0 Å². The minimum atomic E-state index is 0.330. The molecule has 2 unspecified atom stereocenters. The number of para-hydroxylation sites is 2. The summed E-state index contributed by atoms with van der Waals surface area (Å²) >= 11 is 0. The highest BCUT2D eigenvalue weighted by Crippen LogP contribution is 2.29. The van der Waals surface area contributed by atoms with Crippen LogP contribution in [0.2, 0.25) is 0 Å². The Kier molecular flexibility index (Phi) is 4.12. The van der Waals surface area contributed by atoms with Crippen molar-refractivity contribution in [3.63, 3.8) is 0 Å². The van der Waals surface area contributed by atoms with Crippen LogP contribution in [0.4, 0.5) is 5.95 Å². The Bertz CT molecular complexity index is 734. The van der Waals surface area contributed by atoms with Gasteiger partial charge in [0, 0.05) is 26.3 Å². The van der Waals surface area contributed by atoms with E-state index in [-0.39, 0.29) is 0 Å². The molecule has 0 saturated carbocycles. The van der Waals surface area contributed by atoms with Crippen molar-refractivity contribution in [1.82, 2.24) is 14.5 Å². The molecule has 0 radical (unpaired) electrons. The lowest BCUT2D eigenvalue weighted by molar-refractivity contribution is 0.0548. The molecule has 25 heavy (non-hydrogen) atoms. The van der Waals surface area contributed by atoms with Crippen LogP contribution in [0.5, 0.6) is 0 Å². The Labute approximate surface area is 148 Å². The van der Waals surface area contributed by atoms with Gasteiger partial charge in [-0.2, -0.15) is 0 Å². The maximum atomic E-state index is 5.89. The zero-order valence-corrected chi connectivity index (χ0v) is 14.6. The molecule has 134 valence electrons. The third-order valence-corrected chi connectivity index (χ3v) is 5.56. The number of imidazole rings is 1. The molecule has 0 aliphatic carbocycles. The molecule has 0 amide bonds. The average Bonchev–Trinajstić information content (AvgIpc) is 3.36. The van der Waals surface area contributed by atoms with Gasteiger partial charge in [-0.05, 0) is 37.8 Å². The van der Waals surface area contributed by atoms with Crippen molar-refractivity contribution in [3.8, 4) is 0 Å². The maximum Gasteiger partial charge on any atom is 0.208 e. The van der Waals surface area contributed by atoms with Gasteiger partial charge >= 0.3 is 0 Å². The summed E-state index contributed by atoms with van der Waals surface area (Å²) < 4.78 is 14.1. The van der Waals surface area contributed by atoms with Crippen molar-refractivity contribution in [3.05, 3.63) is 24.3 Å². The molecule has 3 aliphatic heterocycles. The summed E-state index contributed by atoms with van der Waals surface area (Å²) in [5.74, 6) is 1.08. The molecule has 2 saturated heterocycles. The first-order chi connectivity index (χ1) is 12.4. The van der Waals surface area contributed by atoms with E-state index in [0.717, 1.165) is 57.5 Å². The molecule has 5 rings (SSSR count). The van der Waals surface area contributed by atoms with Crippen molar-refractivity contribution in [1.29, 1.82) is 0 Å². The van der Waals surface area contributed by atoms with Gasteiger partial charge in [-0.1, -0.05) is 12.1 Å². The van der Waals surface area contributed by atoms with E-state index in [2.05, 4.69) is 38.6 Å². The largest absolute Gasteiger partial charge is 0.377 e. The number of hydrogen-bond acceptors (Lipinski definition) is 5. The maximum absolute atomic E-state index is 5.89. The summed E-state index contributed by atoms with van der Waals surface area (Å²) in [5.41, 5.74) is 2.29. The third kappa shape index (κ3) is 3.03. The summed E-state index contributed by atoms with van der Waals surface area (Å²) in [7, 11) is 0. The van der Waals surface area contributed by atoms with Crippen LogP contribution in [0.1, 0.15) is 25.7 Å². The second-order valence-electron chi connectivity index (χ2n) is 7.46. The van der Waals surface area contributed by atoms with Gasteiger partial charge in [0.15, 0.2) is 0 Å². The Morgan fingerprint density at radius 2 is 1.72 bits per heavy atom. The Morgan fingerprint density at radius 3 is 2.48 bits per heavy atom. The molecule has 3 aliphatic rings. The molecule has 1 aromatic carbocycles. The molecule has 0 bridgehead atoms. The minimum absolute atomic E-state index is 0.330. The molecular weight excluding hydrogens is 316 g/mol. The van der Waals surface area contributed by atoms with Crippen LogP contribution in [0, 0.1) is 0 Å². The van der Waals surface area contributed by atoms with E-state index in [1.54, 1.807) is 0 Å².